The summed E-state index contributed by atoms with van der Waals surface area (Å²) in [4.78, 5) is 24.8. The van der Waals surface area contributed by atoms with E-state index >= 15 is 0 Å². The maximum atomic E-state index is 13.1. The maximum Gasteiger partial charge on any atom is 0.309 e. The Kier molecular flexibility index (Phi) is 6.40. The van der Waals surface area contributed by atoms with Gasteiger partial charge in [-0.25, -0.2) is 0 Å². The molecule has 0 saturated heterocycles. The zero-order valence-corrected chi connectivity index (χ0v) is 17.7. The molecular weight excluding hydrogens is 376 g/mol. The summed E-state index contributed by atoms with van der Waals surface area (Å²) in [7, 11) is 0. The third kappa shape index (κ3) is 4.38. The number of aliphatic carboxylic acids is 1. The Morgan fingerprint density at radius 2 is 1.77 bits per heavy atom. The average molecular weight is 409 g/mol. The molecule has 2 saturated carbocycles. The third-order valence-corrected chi connectivity index (χ3v) is 7.27. The van der Waals surface area contributed by atoms with Crippen molar-refractivity contribution >= 4 is 22.5 Å². The summed E-state index contributed by atoms with van der Waals surface area (Å²) in [6.07, 6.45) is 10.5. The highest BCUT2D eigenvalue weighted by molar-refractivity contribution is 6.05. The SMILES string of the molecule is O=C(CCC1(C(=O)O)CCC1)c1ccc2ccccc2c1OCCC1CCCCC1. The number of hydrogen-bond donors (Lipinski definition) is 1. The van der Waals surface area contributed by atoms with Crippen LogP contribution in [-0.2, 0) is 4.79 Å². The van der Waals surface area contributed by atoms with E-state index in [4.69, 9.17) is 4.74 Å². The molecule has 0 atom stereocenters. The quantitative estimate of drug-likeness (QED) is 0.487. The van der Waals surface area contributed by atoms with Crippen molar-refractivity contribution in [1.82, 2.24) is 0 Å². The lowest BCUT2D eigenvalue weighted by molar-refractivity contribution is -0.155. The number of benzene rings is 2. The van der Waals surface area contributed by atoms with E-state index < -0.39 is 11.4 Å². The second-order valence-electron chi connectivity index (χ2n) is 9.17. The van der Waals surface area contributed by atoms with Gasteiger partial charge in [0.25, 0.3) is 0 Å². The highest BCUT2D eigenvalue weighted by atomic mass is 16.5. The first-order valence-electron chi connectivity index (χ1n) is 11.5. The molecule has 2 aliphatic rings. The lowest BCUT2D eigenvalue weighted by Gasteiger charge is -2.37. The Balaban J connectivity index is 1.50. The number of rotatable bonds is 9. The normalized spacial score (nSPS) is 18.7. The topological polar surface area (TPSA) is 63.6 Å². The van der Waals surface area contributed by atoms with E-state index in [9.17, 15) is 14.7 Å². The Bertz CT molecular complexity index is 906. The molecule has 0 spiro atoms. The van der Waals surface area contributed by atoms with Crippen LogP contribution in [0.25, 0.3) is 10.8 Å². The predicted molar refractivity (Wildman–Crippen MR) is 118 cm³/mol. The monoisotopic (exact) mass is 408 g/mol. The third-order valence-electron chi connectivity index (χ3n) is 7.27. The summed E-state index contributed by atoms with van der Waals surface area (Å²) in [6.45, 7) is 0.623. The maximum absolute atomic E-state index is 13.1. The van der Waals surface area contributed by atoms with Crippen molar-refractivity contribution in [3.63, 3.8) is 0 Å². The molecule has 160 valence electrons. The van der Waals surface area contributed by atoms with Crippen molar-refractivity contribution < 1.29 is 19.4 Å². The number of ether oxygens (including phenoxy) is 1. The van der Waals surface area contributed by atoms with Gasteiger partial charge in [0, 0.05) is 11.8 Å². The van der Waals surface area contributed by atoms with Crippen LogP contribution in [0.15, 0.2) is 36.4 Å². The van der Waals surface area contributed by atoms with Crippen LogP contribution in [0.3, 0.4) is 0 Å². The van der Waals surface area contributed by atoms with Gasteiger partial charge < -0.3 is 9.84 Å². The van der Waals surface area contributed by atoms with E-state index in [0.717, 1.165) is 29.5 Å². The molecule has 0 aliphatic heterocycles. The Labute approximate surface area is 178 Å². The van der Waals surface area contributed by atoms with E-state index in [0.29, 0.717) is 37.2 Å². The highest BCUT2D eigenvalue weighted by Crippen LogP contribution is 2.45. The molecule has 2 aromatic carbocycles. The van der Waals surface area contributed by atoms with Crippen LogP contribution < -0.4 is 4.74 Å². The molecule has 0 unspecified atom stereocenters. The van der Waals surface area contributed by atoms with Crippen LogP contribution in [-0.4, -0.2) is 23.5 Å². The van der Waals surface area contributed by atoms with Gasteiger partial charge in [0.2, 0.25) is 0 Å². The van der Waals surface area contributed by atoms with Crippen molar-refractivity contribution in [3.05, 3.63) is 42.0 Å². The van der Waals surface area contributed by atoms with Crippen molar-refractivity contribution in [3.8, 4) is 5.75 Å². The largest absolute Gasteiger partial charge is 0.492 e. The Hall–Kier alpha value is -2.36. The van der Waals surface area contributed by atoms with Crippen LogP contribution in [0.1, 0.15) is 81.0 Å². The van der Waals surface area contributed by atoms with Crippen LogP contribution in [0.4, 0.5) is 0 Å². The zero-order valence-electron chi connectivity index (χ0n) is 17.7. The molecule has 4 rings (SSSR count). The molecule has 0 radical (unpaired) electrons. The molecule has 2 aliphatic carbocycles. The van der Waals surface area contributed by atoms with Crippen molar-refractivity contribution in [2.24, 2.45) is 11.3 Å². The molecule has 0 bridgehead atoms. The van der Waals surface area contributed by atoms with E-state index in [2.05, 4.69) is 0 Å². The summed E-state index contributed by atoms with van der Waals surface area (Å²) in [6, 6.07) is 11.8. The van der Waals surface area contributed by atoms with Crippen LogP contribution in [0.5, 0.6) is 5.75 Å². The number of hydrogen-bond acceptors (Lipinski definition) is 3. The number of fused-ring (bicyclic) bond motifs is 1. The predicted octanol–water partition coefficient (Wildman–Crippen LogP) is 6.41. The summed E-state index contributed by atoms with van der Waals surface area (Å²) < 4.78 is 6.26. The molecule has 2 aromatic rings. The fourth-order valence-corrected chi connectivity index (χ4v) is 5.08. The number of carboxylic acids is 1. The number of carbonyl (C=O) groups excluding carboxylic acids is 1. The van der Waals surface area contributed by atoms with Crippen LogP contribution in [0, 0.1) is 11.3 Å². The Morgan fingerprint density at radius 3 is 2.47 bits per heavy atom. The van der Waals surface area contributed by atoms with Gasteiger partial charge in [0.15, 0.2) is 5.78 Å². The van der Waals surface area contributed by atoms with Gasteiger partial charge in [-0.3, -0.25) is 9.59 Å². The first-order valence-corrected chi connectivity index (χ1v) is 11.5. The van der Waals surface area contributed by atoms with Gasteiger partial charge in [0.1, 0.15) is 5.75 Å². The van der Waals surface area contributed by atoms with Gasteiger partial charge >= 0.3 is 5.97 Å². The highest BCUT2D eigenvalue weighted by Gasteiger charge is 2.44. The van der Waals surface area contributed by atoms with Gasteiger partial charge in [-0.2, -0.15) is 0 Å². The van der Waals surface area contributed by atoms with E-state index in [1.807, 2.05) is 36.4 Å². The molecule has 2 fully saturated rings. The molecule has 0 amide bonds. The minimum absolute atomic E-state index is 0.0130. The van der Waals surface area contributed by atoms with Crippen LogP contribution >= 0.6 is 0 Å². The molecule has 4 heteroatoms. The fourth-order valence-electron chi connectivity index (χ4n) is 5.08. The van der Waals surface area contributed by atoms with E-state index in [1.54, 1.807) is 0 Å². The number of ketones is 1. The molecule has 30 heavy (non-hydrogen) atoms. The van der Waals surface area contributed by atoms with Gasteiger partial charge in [-0.05, 0) is 43.1 Å². The molecular formula is C26H32O4. The van der Waals surface area contributed by atoms with Crippen molar-refractivity contribution in [2.45, 2.75) is 70.6 Å². The van der Waals surface area contributed by atoms with Gasteiger partial charge in [-0.1, -0.05) is 68.9 Å². The molecule has 1 N–H and O–H groups in total. The summed E-state index contributed by atoms with van der Waals surface area (Å²) in [5.74, 6) is 0.624. The van der Waals surface area contributed by atoms with Crippen molar-refractivity contribution in [1.29, 1.82) is 0 Å². The molecule has 0 heterocycles. The van der Waals surface area contributed by atoms with E-state index in [-0.39, 0.29) is 12.2 Å². The fraction of sp³-hybridized carbons (Fsp3) is 0.538. The summed E-state index contributed by atoms with van der Waals surface area (Å²) in [5.41, 5.74) is -0.105. The van der Waals surface area contributed by atoms with Crippen LogP contribution in [0.2, 0.25) is 0 Å². The average Bonchev–Trinajstić information content (AvgIpc) is 2.73. The minimum atomic E-state index is -0.760. The first kappa shape index (κ1) is 20.9. The standard InChI is InChI=1S/C26H32O4/c27-23(13-17-26(25(28)29)15-6-16-26)22-12-11-20-9-4-5-10-21(20)24(22)30-18-14-19-7-2-1-3-8-19/h4-5,9-12,19H,1-3,6-8,13-18H2,(H,28,29). The number of carbonyl (C=O) groups is 2. The van der Waals surface area contributed by atoms with Gasteiger partial charge in [-0.15, -0.1) is 0 Å². The smallest absolute Gasteiger partial charge is 0.309 e. The second-order valence-corrected chi connectivity index (χ2v) is 9.17. The first-order chi connectivity index (χ1) is 14.6. The van der Waals surface area contributed by atoms with Crippen molar-refractivity contribution in [2.75, 3.05) is 6.61 Å². The Morgan fingerprint density at radius 1 is 1.00 bits per heavy atom. The minimum Gasteiger partial charge on any atom is -0.492 e. The van der Waals surface area contributed by atoms with E-state index in [1.165, 1.54) is 32.1 Å². The summed E-state index contributed by atoms with van der Waals surface area (Å²) >= 11 is 0. The van der Waals surface area contributed by atoms with Gasteiger partial charge in [0.05, 0.1) is 17.6 Å². The second kappa shape index (κ2) is 9.20. The zero-order chi connectivity index (χ0) is 21.0. The molecule has 4 nitrogen and oxygen atoms in total. The molecule has 0 aromatic heterocycles. The number of carboxylic acid groups (broad SMARTS) is 1. The number of Topliss-reactive ketones (excluding diaryl/α,β-unsaturated/α-hetero) is 1. The lowest BCUT2D eigenvalue weighted by atomic mass is 9.66. The summed E-state index contributed by atoms with van der Waals surface area (Å²) in [5, 5.41) is 11.6. The lowest BCUT2D eigenvalue weighted by Crippen LogP contribution is -2.38.